The van der Waals surface area contributed by atoms with Gasteiger partial charge in [-0.15, -0.1) is 0 Å². The first kappa shape index (κ1) is 12.7. The van der Waals surface area contributed by atoms with Gasteiger partial charge in [-0.2, -0.15) is 0 Å². The van der Waals surface area contributed by atoms with Crippen LogP contribution in [0.2, 0.25) is 0 Å². The summed E-state index contributed by atoms with van der Waals surface area (Å²) in [5.41, 5.74) is 0.367. The second-order valence-electron chi connectivity index (χ2n) is 4.63. The van der Waals surface area contributed by atoms with Gasteiger partial charge in [-0.05, 0) is 37.1 Å². The molecule has 4 nitrogen and oxygen atoms in total. The van der Waals surface area contributed by atoms with Gasteiger partial charge < -0.3 is 14.8 Å². The van der Waals surface area contributed by atoms with Gasteiger partial charge >= 0.3 is 5.97 Å². The van der Waals surface area contributed by atoms with Gasteiger partial charge in [-0.25, -0.2) is 4.79 Å². The third-order valence-electron chi connectivity index (χ3n) is 3.51. The molecular weight excluding hydrogens is 230 g/mol. The standard InChI is InChI=1S/C14H19NO3/c1-17-12-7-5-11(6-8-12)15-14(13(16)18-2)9-3-4-10-14/h5-8,15H,3-4,9-10H2,1-2H3. The number of carbonyl (C=O) groups excluding carboxylic acids is 1. The third kappa shape index (κ3) is 2.42. The summed E-state index contributed by atoms with van der Waals surface area (Å²) in [7, 11) is 3.08. The molecule has 1 aliphatic carbocycles. The number of hydrogen-bond acceptors (Lipinski definition) is 4. The summed E-state index contributed by atoms with van der Waals surface area (Å²) < 4.78 is 10.0. The summed E-state index contributed by atoms with van der Waals surface area (Å²) in [6.45, 7) is 0. The third-order valence-corrected chi connectivity index (χ3v) is 3.51. The Hall–Kier alpha value is -1.71. The summed E-state index contributed by atoms with van der Waals surface area (Å²) in [4.78, 5) is 12.0. The number of benzene rings is 1. The van der Waals surface area contributed by atoms with Crippen molar-refractivity contribution in [2.45, 2.75) is 31.2 Å². The van der Waals surface area contributed by atoms with E-state index < -0.39 is 5.54 Å². The lowest BCUT2D eigenvalue weighted by Gasteiger charge is -2.28. The molecule has 1 N–H and O–H groups in total. The Labute approximate surface area is 107 Å². The number of anilines is 1. The number of methoxy groups -OCH3 is 2. The zero-order valence-electron chi connectivity index (χ0n) is 10.9. The summed E-state index contributed by atoms with van der Waals surface area (Å²) in [5.74, 6) is 0.634. The summed E-state index contributed by atoms with van der Waals surface area (Å²) in [6.07, 6.45) is 3.76. The van der Waals surface area contributed by atoms with E-state index in [1.54, 1.807) is 7.11 Å². The number of rotatable bonds is 4. The smallest absolute Gasteiger partial charge is 0.331 e. The first-order valence-corrected chi connectivity index (χ1v) is 6.21. The van der Waals surface area contributed by atoms with Crippen molar-refractivity contribution in [1.82, 2.24) is 0 Å². The minimum absolute atomic E-state index is 0.171. The molecule has 0 radical (unpaired) electrons. The van der Waals surface area contributed by atoms with Crippen LogP contribution < -0.4 is 10.1 Å². The lowest BCUT2D eigenvalue weighted by molar-refractivity contribution is -0.145. The van der Waals surface area contributed by atoms with Crippen LogP contribution in [0.15, 0.2) is 24.3 Å². The molecule has 0 bridgehead atoms. The molecule has 0 amide bonds. The zero-order valence-corrected chi connectivity index (χ0v) is 10.9. The Morgan fingerprint density at radius 2 is 1.78 bits per heavy atom. The average Bonchev–Trinajstić information content (AvgIpc) is 2.88. The van der Waals surface area contributed by atoms with E-state index in [2.05, 4.69) is 5.32 Å². The fraction of sp³-hybridized carbons (Fsp3) is 0.500. The fourth-order valence-corrected chi connectivity index (χ4v) is 2.50. The van der Waals surface area contributed by atoms with Gasteiger partial charge in [-0.1, -0.05) is 12.8 Å². The first-order chi connectivity index (χ1) is 8.70. The maximum absolute atomic E-state index is 12.0. The second-order valence-corrected chi connectivity index (χ2v) is 4.63. The largest absolute Gasteiger partial charge is 0.497 e. The van der Waals surface area contributed by atoms with E-state index in [1.165, 1.54) is 7.11 Å². The highest BCUT2D eigenvalue weighted by Gasteiger charge is 2.42. The molecule has 18 heavy (non-hydrogen) atoms. The Bertz CT molecular complexity index is 408. The molecule has 0 aromatic heterocycles. The molecular formula is C14H19NO3. The Morgan fingerprint density at radius 1 is 1.17 bits per heavy atom. The van der Waals surface area contributed by atoms with Gasteiger partial charge in [0, 0.05) is 5.69 Å². The second kappa shape index (κ2) is 5.29. The van der Waals surface area contributed by atoms with Crippen molar-refractivity contribution in [3.05, 3.63) is 24.3 Å². The van der Waals surface area contributed by atoms with Gasteiger partial charge in [0.1, 0.15) is 11.3 Å². The van der Waals surface area contributed by atoms with Crippen LogP contribution in [-0.4, -0.2) is 25.7 Å². The molecule has 4 heteroatoms. The SMILES string of the molecule is COC(=O)C1(Nc2ccc(OC)cc2)CCCC1. The highest BCUT2D eigenvalue weighted by atomic mass is 16.5. The molecule has 1 aliphatic rings. The van der Waals surface area contributed by atoms with E-state index in [0.29, 0.717) is 0 Å². The molecule has 98 valence electrons. The van der Waals surface area contributed by atoms with Gasteiger partial charge in [0.2, 0.25) is 0 Å². The highest BCUT2D eigenvalue weighted by molar-refractivity contribution is 5.85. The lowest BCUT2D eigenvalue weighted by atomic mass is 9.97. The quantitative estimate of drug-likeness (QED) is 0.833. The molecule has 2 rings (SSSR count). The number of esters is 1. The predicted octanol–water partition coefficient (Wildman–Crippen LogP) is 2.59. The molecule has 0 heterocycles. The molecule has 1 saturated carbocycles. The van der Waals surface area contributed by atoms with Gasteiger partial charge in [0.25, 0.3) is 0 Å². The Kier molecular flexibility index (Phi) is 3.75. The van der Waals surface area contributed by atoms with Crippen LogP contribution in [0.5, 0.6) is 5.75 Å². The molecule has 0 atom stereocenters. The van der Waals surface area contributed by atoms with E-state index in [0.717, 1.165) is 37.1 Å². The first-order valence-electron chi connectivity index (χ1n) is 6.21. The highest BCUT2D eigenvalue weighted by Crippen LogP contribution is 2.34. The molecule has 0 unspecified atom stereocenters. The monoisotopic (exact) mass is 249 g/mol. The summed E-state index contributed by atoms with van der Waals surface area (Å²) in [6, 6.07) is 7.59. The lowest BCUT2D eigenvalue weighted by Crippen LogP contribution is -2.44. The predicted molar refractivity (Wildman–Crippen MR) is 69.8 cm³/mol. The van der Waals surface area contributed by atoms with Crippen molar-refractivity contribution in [2.75, 3.05) is 19.5 Å². The Morgan fingerprint density at radius 3 is 2.28 bits per heavy atom. The van der Waals surface area contributed by atoms with Crippen molar-refractivity contribution >= 4 is 11.7 Å². The van der Waals surface area contributed by atoms with E-state index in [1.807, 2.05) is 24.3 Å². The van der Waals surface area contributed by atoms with Crippen molar-refractivity contribution in [1.29, 1.82) is 0 Å². The number of hydrogen-bond donors (Lipinski definition) is 1. The molecule has 1 fully saturated rings. The Balaban J connectivity index is 2.15. The maximum Gasteiger partial charge on any atom is 0.331 e. The van der Waals surface area contributed by atoms with Crippen molar-refractivity contribution in [3.8, 4) is 5.75 Å². The average molecular weight is 249 g/mol. The molecule has 1 aromatic rings. The van der Waals surface area contributed by atoms with E-state index in [9.17, 15) is 4.79 Å². The molecule has 0 aliphatic heterocycles. The van der Waals surface area contributed by atoms with Crippen LogP contribution in [0.1, 0.15) is 25.7 Å². The summed E-state index contributed by atoms with van der Waals surface area (Å²) in [5, 5.41) is 3.33. The van der Waals surface area contributed by atoms with Gasteiger partial charge in [0.05, 0.1) is 14.2 Å². The van der Waals surface area contributed by atoms with Crippen molar-refractivity contribution in [3.63, 3.8) is 0 Å². The summed E-state index contributed by atoms with van der Waals surface area (Å²) >= 11 is 0. The maximum atomic E-state index is 12.0. The van der Waals surface area contributed by atoms with Crippen molar-refractivity contribution < 1.29 is 14.3 Å². The van der Waals surface area contributed by atoms with Gasteiger partial charge in [-0.3, -0.25) is 0 Å². The van der Waals surface area contributed by atoms with E-state index in [4.69, 9.17) is 9.47 Å². The van der Waals surface area contributed by atoms with Crippen LogP contribution in [0, 0.1) is 0 Å². The molecule has 0 saturated heterocycles. The number of ether oxygens (including phenoxy) is 2. The molecule has 0 spiro atoms. The van der Waals surface area contributed by atoms with Crippen LogP contribution >= 0.6 is 0 Å². The van der Waals surface area contributed by atoms with E-state index >= 15 is 0 Å². The van der Waals surface area contributed by atoms with Crippen LogP contribution in [0.3, 0.4) is 0 Å². The number of carbonyl (C=O) groups is 1. The van der Waals surface area contributed by atoms with Crippen molar-refractivity contribution in [2.24, 2.45) is 0 Å². The van der Waals surface area contributed by atoms with Crippen LogP contribution in [0.4, 0.5) is 5.69 Å². The van der Waals surface area contributed by atoms with Gasteiger partial charge in [0.15, 0.2) is 0 Å². The number of nitrogens with one attached hydrogen (secondary N) is 1. The zero-order chi connectivity index (χ0) is 13.0. The minimum atomic E-state index is -0.552. The normalized spacial score (nSPS) is 17.2. The van der Waals surface area contributed by atoms with E-state index in [-0.39, 0.29) is 5.97 Å². The molecule has 1 aromatic carbocycles. The topological polar surface area (TPSA) is 47.6 Å². The van der Waals surface area contributed by atoms with Crippen LogP contribution in [-0.2, 0) is 9.53 Å². The minimum Gasteiger partial charge on any atom is -0.497 e. The fourth-order valence-electron chi connectivity index (χ4n) is 2.50. The van der Waals surface area contributed by atoms with Crippen LogP contribution in [0.25, 0.3) is 0 Å².